The van der Waals surface area contributed by atoms with E-state index >= 15 is 0 Å². The van der Waals surface area contributed by atoms with Gasteiger partial charge in [0.05, 0.1) is 5.56 Å². The number of nitrogens with one attached hydrogen (secondary N) is 1. The molecule has 126 valence electrons. The number of aryl methyl sites for hydroxylation is 2. The van der Waals surface area contributed by atoms with Crippen molar-refractivity contribution >= 4 is 5.91 Å². The number of hydrogen-bond donors (Lipinski definition) is 2. The van der Waals surface area contributed by atoms with Gasteiger partial charge in [-0.25, -0.2) is 0 Å². The number of rotatable bonds is 6. The highest BCUT2D eigenvalue weighted by Crippen LogP contribution is 2.21. The van der Waals surface area contributed by atoms with Gasteiger partial charge >= 0.3 is 0 Å². The third-order valence-electron chi connectivity index (χ3n) is 3.90. The molecule has 2 aromatic heterocycles. The lowest BCUT2D eigenvalue weighted by molar-refractivity contribution is 0.0933. The van der Waals surface area contributed by atoms with Gasteiger partial charge in [0.1, 0.15) is 5.76 Å². The first-order chi connectivity index (χ1) is 10.8. The van der Waals surface area contributed by atoms with Crippen LogP contribution in [0.4, 0.5) is 0 Å². The molecule has 0 radical (unpaired) electrons. The maximum absolute atomic E-state index is 12.6. The molecule has 0 aromatic carbocycles. The van der Waals surface area contributed by atoms with E-state index in [1.54, 1.807) is 0 Å². The molecule has 6 heteroatoms. The molecule has 0 aliphatic rings. The minimum Gasteiger partial charge on any atom is -0.360 e. The summed E-state index contributed by atoms with van der Waals surface area (Å²) in [5, 5.41) is 7.06. The minimum atomic E-state index is -0.0966. The number of nitrogens with zero attached hydrogens (tertiary/aromatic N) is 2. The maximum Gasteiger partial charge on any atom is 0.253 e. The molecule has 3 N–H and O–H groups in total. The van der Waals surface area contributed by atoms with Crippen molar-refractivity contribution in [3.05, 3.63) is 34.8 Å². The summed E-state index contributed by atoms with van der Waals surface area (Å²) in [6.07, 6.45) is 0.865. The van der Waals surface area contributed by atoms with E-state index in [-0.39, 0.29) is 11.9 Å². The fourth-order valence-electron chi connectivity index (χ4n) is 2.85. The lowest BCUT2D eigenvalue weighted by atomic mass is 10.0. The van der Waals surface area contributed by atoms with E-state index < -0.39 is 0 Å². The van der Waals surface area contributed by atoms with Crippen LogP contribution in [-0.2, 0) is 0 Å². The predicted molar refractivity (Wildman–Crippen MR) is 89.8 cm³/mol. The van der Waals surface area contributed by atoms with Crippen molar-refractivity contribution in [1.82, 2.24) is 15.0 Å². The number of carbonyl (C=O) groups is 1. The highest BCUT2D eigenvalue weighted by molar-refractivity contribution is 5.96. The van der Waals surface area contributed by atoms with Crippen LogP contribution in [0.5, 0.6) is 0 Å². The van der Waals surface area contributed by atoms with E-state index in [4.69, 9.17) is 10.3 Å². The van der Waals surface area contributed by atoms with E-state index in [0.717, 1.165) is 23.6 Å². The first-order valence-corrected chi connectivity index (χ1v) is 7.97. The van der Waals surface area contributed by atoms with Gasteiger partial charge in [-0.15, -0.1) is 0 Å². The van der Waals surface area contributed by atoms with Crippen LogP contribution in [0.2, 0.25) is 0 Å². The number of hydrogen-bond acceptors (Lipinski definition) is 4. The van der Waals surface area contributed by atoms with Gasteiger partial charge in [-0.1, -0.05) is 19.0 Å². The first kappa shape index (κ1) is 17.3. The van der Waals surface area contributed by atoms with Gasteiger partial charge in [0.2, 0.25) is 0 Å². The molecule has 1 unspecified atom stereocenters. The largest absolute Gasteiger partial charge is 0.360 e. The Morgan fingerprint density at radius 1 is 1.35 bits per heavy atom. The molecule has 0 aliphatic carbocycles. The Morgan fingerprint density at radius 3 is 2.57 bits per heavy atom. The summed E-state index contributed by atoms with van der Waals surface area (Å²) in [4.78, 5) is 12.6. The molecular weight excluding hydrogens is 292 g/mol. The van der Waals surface area contributed by atoms with Gasteiger partial charge in [-0.2, -0.15) is 0 Å². The Labute approximate surface area is 137 Å². The number of aromatic nitrogens is 2. The Morgan fingerprint density at radius 2 is 2.04 bits per heavy atom. The molecule has 2 aromatic rings. The van der Waals surface area contributed by atoms with Crippen LogP contribution >= 0.6 is 0 Å². The summed E-state index contributed by atoms with van der Waals surface area (Å²) in [6.45, 7) is 10.4. The van der Waals surface area contributed by atoms with Crippen molar-refractivity contribution in [2.24, 2.45) is 11.7 Å². The van der Waals surface area contributed by atoms with Crippen LogP contribution < -0.4 is 11.1 Å². The molecule has 2 heterocycles. The van der Waals surface area contributed by atoms with Crippen LogP contribution in [0.3, 0.4) is 0 Å². The zero-order valence-corrected chi connectivity index (χ0v) is 14.5. The number of nitrogens with two attached hydrogens (primary N) is 1. The van der Waals surface area contributed by atoms with Crippen LogP contribution in [0, 0.1) is 26.7 Å². The highest BCUT2D eigenvalue weighted by Gasteiger charge is 2.20. The summed E-state index contributed by atoms with van der Waals surface area (Å²) < 4.78 is 7.06. The molecule has 1 amide bonds. The SMILES string of the molecule is Cc1cc(-n2c(C)cc(C(=O)NC(CN)CC(C)C)c2C)no1. The quantitative estimate of drug-likeness (QED) is 0.857. The van der Waals surface area contributed by atoms with Crippen molar-refractivity contribution in [2.75, 3.05) is 6.54 Å². The molecule has 0 saturated heterocycles. The Bertz CT molecular complexity index is 685. The minimum absolute atomic E-state index is 0.0140. The number of amides is 1. The van der Waals surface area contributed by atoms with E-state index in [0.29, 0.717) is 23.8 Å². The summed E-state index contributed by atoms with van der Waals surface area (Å²) in [5.74, 6) is 1.81. The molecule has 0 aliphatic heterocycles. The average molecular weight is 318 g/mol. The summed E-state index contributed by atoms with van der Waals surface area (Å²) in [5.41, 5.74) is 8.20. The summed E-state index contributed by atoms with van der Waals surface area (Å²) >= 11 is 0. The van der Waals surface area contributed by atoms with Gasteiger partial charge in [0.15, 0.2) is 5.82 Å². The predicted octanol–water partition coefficient (Wildman–Crippen LogP) is 2.49. The van der Waals surface area contributed by atoms with E-state index in [1.807, 2.05) is 37.5 Å². The van der Waals surface area contributed by atoms with Crippen molar-refractivity contribution in [3.63, 3.8) is 0 Å². The Kier molecular flexibility index (Phi) is 5.26. The molecular formula is C17H26N4O2. The molecule has 0 spiro atoms. The molecule has 6 nitrogen and oxygen atoms in total. The lowest BCUT2D eigenvalue weighted by Crippen LogP contribution is -2.41. The fraction of sp³-hybridized carbons (Fsp3) is 0.529. The van der Waals surface area contributed by atoms with Gasteiger partial charge in [0.25, 0.3) is 5.91 Å². The van der Waals surface area contributed by atoms with Crippen LogP contribution in [-0.4, -0.2) is 28.2 Å². The normalized spacial score (nSPS) is 12.7. The van der Waals surface area contributed by atoms with E-state index in [1.165, 1.54) is 0 Å². The zero-order chi connectivity index (χ0) is 17.1. The van der Waals surface area contributed by atoms with E-state index in [2.05, 4.69) is 24.3 Å². The van der Waals surface area contributed by atoms with Crippen LogP contribution in [0.1, 0.15) is 47.8 Å². The van der Waals surface area contributed by atoms with Crippen molar-refractivity contribution < 1.29 is 9.32 Å². The molecule has 0 bridgehead atoms. The van der Waals surface area contributed by atoms with Gasteiger partial charge in [0, 0.05) is 30.0 Å². The maximum atomic E-state index is 12.6. The first-order valence-electron chi connectivity index (χ1n) is 7.97. The van der Waals surface area contributed by atoms with Gasteiger partial charge in [-0.05, 0) is 39.2 Å². The van der Waals surface area contributed by atoms with Gasteiger partial charge in [-0.3, -0.25) is 9.36 Å². The van der Waals surface area contributed by atoms with E-state index in [9.17, 15) is 4.79 Å². The zero-order valence-electron chi connectivity index (χ0n) is 14.5. The second-order valence-corrected chi connectivity index (χ2v) is 6.45. The average Bonchev–Trinajstić information content (AvgIpc) is 3.01. The van der Waals surface area contributed by atoms with Crippen LogP contribution in [0.25, 0.3) is 5.82 Å². The monoisotopic (exact) mass is 318 g/mol. The Hall–Kier alpha value is -2.08. The highest BCUT2D eigenvalue weighted by atomic mass is 16.5. The van der Waals surface area contributed by atoms with Crippen molar-refractivity contribution in [2.45, 2.75) is 47.1 Å². The summed E-state index contributed by atoms with van der Waals surface area (Å²) in [7, 11) is 0. The fourth-order valence-corrected chi connectivity index (χ4v) is 2.85. The molecule has 2 rings (SSSR count). The van der Waals surface area contributed by atoms with Gasteiger partial charge < -0.3 is 15.6 Å². The smallest absolute Gasteiger partial charge is 0.253 e. The second kappa shape index (κ2) is 7.00. The molecule has 1 atom stereocenters. The molecule has 0 fully saturated rings. The summed E-state index contributed by atoms with van der Waals surface area (Å²) in [6, 6.07) is 3.71. The third-order valence-corrected chi connectivity index (χ3v) is 3.90. The Balaban J connectivity index is 2.25. The second-order valence-electron chi connectivity index (χ2n) is 6.45. The standard InChI is InChI=1S/C17H26N4O2/c1-10(2)6-14(9-18)19-17(22)15-7-11(3)21(13(15)5)16-8-12(4)23-20-16/h7-8,10,14H,6,9,18H2,1-5H3,(H,19,22). The van der Waals surface area contributed by atoms with Crippen molar-refractivity contribution in [1.29, 1.82) is 0 Å². The molecule has 23 heavy (non-hydrogen) atoms. The lowest BCUT2D eigenvalue weighted by Gasteiger charge is -2.18. The van der Waals surface area contributed by atoms with Crippen molar-refractivity contribution in [3.8, 4) is 5.82 Å². The topological polar surface area (TPSA) is 86.1 Å². The van der Waals surface area contributed by atoms with Crippen LogP contribution in [0.15, 0.2) is 16.7 Å². The number of carbonyl (C=O) groups excluding carboxylic acids is 1. The molecule has 0 saturated carbocycles. The third kappa shape index (κ3) is 3.82.